The van der Waals surface area contributed by atoms with Crippen molar-refractivity contribution in [3.8, 4) is 23.0 Å². The van der Waals surface area contributed by atoms with E-state index in [-0.39, 0.29) is 18.0 Å². The van der Waals surface area contributed by atoms with Crippen molar-refractivity contribution in [2.75, 3.05) is 37.5 Å². The number of halogens is 3. The van der Waals surface area contributed by atoms with Crippen molar-refractivity contribution < 1.29 is 36.9 Å². The molecule has 0 saturated heterocycles. The molecule has 0 unspecified atom stereocenters. The molecule has 1 amide bonds. The fourth-order valence-electron chi connectivity index (χ4n) is 2.46. The number of para-hydroxylation sites is 2. The number of nitrogens with two attached hydrogens (primary N) is 1. The molecule has 0 fully saturated rings. The number of rotatable bonds is 1. The quantitative estimate of drug-likeness (QED) is 0.718. The Labute approximate surface area is 158 Å². The van der Waals surface area contributed by atoms with Crippen molar-refractivity contribution in [2.24, 2.45) is 0 Å². The zero-order valence-corrected chi connectivity index (χ0v) is 14.5. The predicted molar refractivity (Wildman–Crippen MR) is 94.0 cm³/mol. The van der Waals surface area contributed by atoms with Crippen LogP contribution in [0.5, 0.6) is 23.0 Å². The molecule has 0 bridgehead atoms. The van der Waals surface area contributed by atoms with Gasteiger partial charge >= 0.3 is 12.1 Å². The lowest BCUT2D eigenvalue weighted by Gasteiger charge is -2.21. The van der Waals surface area contributed by atoms with Crippen LogP contribution in [0.25, 0.3) is 0 Å². The molecule has 4 rings (SSSR count). The smallest absolute Gasteiger partial charge is 0.471 e. The second kappa shape index (κ2) is 8.15. The third kappa shape index (κ3) is 4.51. The second-order valence-corrected chi connectivity index (χ2v) is 5.65. The van der Waals surface area contributed by atoms with Crippen molar-refractivity contribution >= 4 is 17.3 Å². The van der Waals surface area contributed by atoms with Crippen molar-refractivity contribution in [1.82, 2.24) is 0 Å². The van der Waals surface area contributed by atoms with E-state index in [9.17, 15) is 18.0 Å². The molecule has 2 aromatic rings. The molecule has 0 radical (unpaired) electrons. The van der Waals surface area contributed by atoms with E-state index in [1.54, 1.807) is 17.4 Å². The number of hydrogen-bond donors (Lipinski definition) is 2. The molecule has 0 atom stereocenters. The van der Waals surface area contributed by atoms with Crippen LogP contribution in [-0.4, -0.2) is 38.5 Å². The van der Waals surface area contributed by atoms with Gasteiger partial charge in [0.05, 0.1) is 11.4 Å². The minimum Gasteiger partial charge on any atom is -0.486 e. The molecule has 28 heavy (non-hydrogen) atoms. The number of fused-ring (bicyclic) bond motifs is 2. The first kappa shape index (κ1) is 19.5. The van der Waals surface area contributed by atoms with Crippen LogP contribution in [-0.2, 0) is 4.79 Å². The summed E-state index contributed by atoms with van der Waals surface area (Å²) < 4.78 is 57.2. The molecule has 0 aliphatic carbocycles. The van der Waals surface area contributed by atoms with Crippen LogP contribution in [0.15, 0.2) is 36.4 Å². The largest absolute Gasteiger partial charge is 0.486 e. The number of carbonyl (C=O) groups is 1. The van der Waals surface area contributed by atoms with E-state index < -0.39 is 12.1 Å². The number of hydrogen-bond acceptors (Lipinski definition) is 6. The molecular weight excluding hydrogens is 381 g/mol. The van der Waals surface area contributed by atoms with Crippen LogP contribution >= 0.6 is 0 Å². The van der Waals surface area contributed by atoms with Gasteiger partial charge in [-0.2, -0.15) is 13.2 Å². The summed E-state index contributed by atoms with van der Waals surface area (Å²) in [6.07, 6.45) is -4.93. The van der Waals surface area contributed by atoms with Gasteiger partial charge in [0.2, 0.25) is 0 Å². The summed E-state index contributed by atoms with van der Waals surface area (Å²) in [6, 6.07) is 9.84. The molecule has 2 heterocycles. The lowest BCUT2D eigenvalue weighted by molar-refractivity contribution is -0.167. The summed E-state index contributed by atoms with van der Waals surface area (Å²) in [5.41, 5.74) is 6.23. The highest BCUT2D eigenvalue weighted by molar-refractivity contribution is 5.96. The molecule has 10 heteroatoms. The van der Waals surface area contributed by atoms with E-state index in [4.69, 9.17) is 24.7 Å². The number of anilines is 2. The van der Waals surface area contributed by atoms with Gasteiger partial charge in [0.1, 0.15) is 26.4 Å². The van der Waals surface area contributed by atoms with Gasteiger partial charge in [0.25, 0.3) is 0 Å². The monoisotopic (exact) mass is 398 g/mol. The average molecular weight is 398 g/mol. The summed E-state index contributed by atoms with van der Waals surface area (Å²) >= 11 is 0. The molecule has 2 aliphatic rings. The van der Waals surface area contributed by atoms with Gasteiger partial charge < -0.3 is 30.0 Å². The Hall–Kier alpha value is -3.30. The Bertz CT molecular complexity index is 858. The van der Waals surface area contributed by atoms with Crippen LogP contribution in [0, 0.1) is 0 Å². The van der Waals surface area contributed by atoms with Gasteiger partial charge in [0, 0.05) is 0 Å². The van der Waals surface area contributed by atoms with E-state index in [1.165, 1.54) is 12.1 Å². The highest BCUT2D eigenvalue weighted by atomic mass is 19.4. The maximum atomic E-state index is 12.1. The Balaban J connectivity index is 0.000000176. The van der Waals surface area contributed by atoms with Gasteiger partial charge in [-0.25, -0.2) is 0 Å². The molecular formula is C18H17F3N2O5. The van der Waals surface area contributed by atoms with Crippen LogP contribution in [0.3, 0.4) is 0 Å². The SMILES string of the molecule is Nc1cccc2c1OCCO2.O=C(Nc1cccc2c1OCCO2)C(F)(F)F. The third-order valence-corrected chi connectivity index (χ3v) is 3.67. The normalized spacial score (nSPS) is 14.4. The summed E-state index contributed by atoms with van der Waals surface area (Å²) in [4.78, 5) is 10.8. The minimum atomic E-state index is -4.93. The summed E-state index contributed by atoms with van der Waals surface area (Å²) in [5, 5.41) is 1.74. The maximum absolute atomic E-state index is 12.1. The number of carbonyl (C=O) groups excluding carboxylic acids is 1. The second-order valence-electron chi connectivity index (χ2n) is 5.65. The number of alkyl halides is 3. The number of nitrogens with one attached hydrogen (secondary N) is 1. The standard InChI is InChI=1S/C10H8F3NO3.C8H9NO2/c11-10(12,13)9(15)14-6-2-1-3-7-8(6)17-5-4-16-7;9-6-2-1-3-7-8(6)11-5-4-10-7/h1-3H,4-5H2,(H,14,15);1-3H,4-5,9H2. The summed E-state index contributed by atoms with van der Waals surface area (Å²) in [5.74, 6) is -0.178. The van der Waals surface area contributed by atoms with Crippen molar-refractivity contribution in [3.05, 3.63) is 36.4 Å². The fraction of sp³-hybridized carbons (Fsp3) is 0.278. The third-order valence-electron chi connectivity index (χ3n) is 3.67. The highest BCUT2D eigenvalue weighted by Gasteiger charge is 2.39. The van der Waals surface area contributed by atoms with E-state index >= 15 is 0 Å². The molecule has 3 N–H and O–H groups in total. The zero-order valence-electron chi connectivity index (χ0n) is 14.5. The van der Waals surface area contributed by atoms with Crippen LogP contribution in [0.2, 0.25) is 0 Å². The summed E-state index contributed by atoms with van der Waals surface area (Å²) in [6.45, 7) is 1.74. The Morgan fingerprint density at radius 2 is 1.39 bits per heavy atom. The first-order valence-corrected chi connectivity index (χ1v) is 8.27. The minimum absolute atomic E-state index is 0.0514. The predicted octanol–water partition coefficient (Wildman–Crippen LogP) is 3.00. The topological polar surface area (TPSA) is 92.0 Å². The Morgan fingerprint density at radius 1 is 0.857 bits per heavy atom. The van der Waals surface area contributed by atoms with Gasteiger partial charge in [-0.1, -0.05) is 12.1 Å². The zero-order chi connectivity index (χ0) is 20.1. The van der Waals surface area contributed by atoms with E-state index in [0.29, 0.717) is 37.0 Å². The molecule has 0 spiro atoms. The van der Waals surface area contributed by atoms with Gasteiger partial charge in [-0.05, 0) is 24.3 Å². The van der Waals surface area contributed by atoms with Crippen molar-refractivity contribution in [3.63, 3.8) is 0 Å². The molecule has 150 valence electrons. The lowest BCUT2D eigenvalue weighted by atomic mass is 10.2. The number of benzene rings is 2. The van der Waals surface area contributed by atoms with Crippen LogP contribution < -0.4 is 30.0 Å². The van der Waals surface area contributed by atoms with Crippen molar-refractivity contribution in [2.45, 2.75) is 6.18 Å². The lowest BCUT2D eigenvalue weighted by Crippen LogP contribution is -2.30. The molecule has 2 aromatic carbocycles. The molecule has 2 aliphatic heterocycles. The van der Waals surface area contributed by atoms with Gasteiger partial charge in [-0.3, -0.25) is 4.79 Å². The molecule has 0 aromatic heterocycles. The highest BCUT2D eigenvalue weighted by Crippen LogP contribution is 2.38. The van der Waals surface area contributed by atoms with E-state index in [0.717, 1.165) is 5.75 Å². The first-order chi connectivity index (χ1) is 13.4. The van der Waals surface area contributed by atoms with Crippen molar-refractivity contribution in [1.29, 1.82) is 0 Å². The van der Waals surface area contributed by atoms with Crippen LogP contribution in [0.4, 0.5) is 24.5 Å². The van der Waals surface area contributed by atoms with Crippen LogP contribution in [0.1, 0.15) is 0 Å². The number of nitrogen functional groups attached to an aromatic ring is 1. The molecule has 0 saturated carbocycles. The van der Waals surface area contributed by atoms with Gasteiger partial charge in [-0.15, -0.1) is 0 Å². The van der Waals surface area contributed by atoms with Gasteiger partial charge in [0.15, 0.2) is 23.0 Å². The Morgan fingerprint density at radius 3 is 2.00 bits per heavy atom. The number of amides is 1. The molecule has 7 nitrogen and oxygen atoms in total. The first-order valence-electron chi connectivity index (χ1n) is 8.27. The average Bonchev–Trinajstić information content (AvgIpc) is 2.68. The van der Waals surface area contributed by atoms with E-state index in [1.807, 2.05) is 12.1 Å². The van der Waals surface area contributed by atoms with E-state index in [2.05, 4.69) is 0 Å². The fourth-order valence-corrected chi connectivity index (χ4v) is 2.46. The Kier molecular flexibility index (Phi) is 5.67. The summed E-state index contributed by atoms with van der Waals surface area (Å²) in [7, 11) is 0. The number of ether oxygens (including phenoxy) is 4. The maximum Gasteiger partial charge on any atom is 0.471 e.